The number of hydrogen-bond acceptors (Lipinski definition) is 5. The summed E-state index contributed by atoms with van der Waals surface area (Å²) in [5, 5.41) is 9.90. The second-order valence-corrected chi connectivity index (χ2v) is 6.68. The number of carboxylic acids is 1. The van der Waals surface area contributed by atoms with Gasteiger partial charge in [-0.15, -0.1) is 0 Å². The minimum absolute atomic E-state index is 0.0151. The van der Waals surface area contributed by atoms with Gasteiger partial charge < -0.3 is 24.1 Å². The van der Waals surface area contributed by atoms with Crippen LogP contribution in [0.1, 0.15) is 12.0 Å². The van der Waals surface area contributed by atoms with E-state index in [2.05, 4.69) is 9.97 Å². The summed E-state index contributed by atoms with van der Waals surface area (Å²) in [7, 11) is 1.94. The first kappa shape index (κ1) is 17.9. The van der Waals surface area contributed by atoms with Gasteiger partial charge in [0.2, 0.25) is 0 Å². The Morgan fingerprint density at radius 2 is 2.14 bits per heavy atom. The lowest BCUT2D eigenvalue weighted by Gasteiger charge is -2.14. The summed E-state index contributed by atoms with van der Waals surface area (Å²) in [5.41, 5.74) is 3.28. The number of rotatable bonds is 8. The van der Waals surface area contributed by atoms with Crippen molar-refractivity contribution in [2.45, 2.75) is 12.8 Å². The highest BCUT2D eigenvalue weighted by molar-refractivity contribution is 5.88. The number of aliphatic carboxylic acids is 1. The van der Waals surface area contributed by atoms with Crippen LogP contribution in [0.25, 0.3) is 22.0 Å². The molecular weight excluding hydrogens is 358 g/mol. The van der Waals surface area contributed by atoms with Gasteiger partial charge in [0.1, 0.15) is 11.3 Å². The maximum Gasteiger partial charge on any atom is 0.307 e. The summed E-state index contributed by atoms with van der Waals surface area (Å²) >= 11 is 0. The quantitative estimate of drug-likeness (QED) is 0.452. The van der Waals surface area contributed by atoms with E-state index in [-0.39, 0.29) is 6.42 Å². The van der Waals surface area contributed by atoms with Gasteiger partial charge in [0, 0.05) is 30.7 Å². The third-order valence-corrected chi connectivity index (χ3v) is 4.60. The molecule has 144 valence electrons. The predicted molar refractivity (Wildman–Crippen MR) is 107 cm³/mol. The first-order valence-electron chi connectivity index (χ1n) is 9.11. The Labute approximate surface area is 161 Å². The molecule has 7 heteroatoms. The molecule has 7 nitrogen and oxygen atoms in total. The lowest BCUT2D eigenvalue weighted by Crippen LogP contribution is -2.20. The van der Waals surface area contributed by atoms with Crippen LogP contribution in [0.4, 0.5) is 6.01 Å². The molecule has 0 aliphatic heterocycles. The Kier molecular flexibility index (Phi) is 4.89. The van der Waals surface area contributed by atoms with Gasteiger partial charge in [0.25, 0.3) is 6.01 Å². The number of hydrogen-bond donors (Lipinski definition) is 2. The van der Waals surface area contributed by atoms with E-state index in [0.29, 0.717) is 12.6 Å². The van der Waals surface area contributed by atoms with Crippen LogP contribution in [0.5, 0.6) is 5.75 Å². The molecule has 0 unspecified atom stereocenters. The van der Waals surface area contributed by atoms with Crippen molar-refractivity contribution in [1.82, 2.24) is 9.97 Å². The van der Waals surface area contributed by atoms with E-state index < -0.39 is 5.97 Å². The highest BCUT2D eigenvalue weighted by Crippen LogP contribution is 2.25. The van der Waals surface area contributed by atoms with E-state index in [1.54, 1.807) is 6.20 Å². The van der Waals surface area contributed by atoms with Gasteiger partial charge >= 0.3 is 5.97 Å². The van der Waals surface area contributed by atoms with Crippen molar-refractivity contribution in [1.29, 1.82) is 0 Å². The number of aromatic amines is 1. The van der Waals surface area contributed by atoms with Crippen LogP contribution in [0.3, 0.4) is 0 Å². The van der Waals surface area contributed by atoms with Gasteiger partial charge in [-0.3, -0.25) is 4.79 Å². The fourth-order valence-corrected chi connectivity index (χ4v) is 3.17. The Hall–Kier alpha value is -3.48. The monoisotopic (exact) mass is 379 g/mol. The van der Waals surface area contributed by atoms with Crippen LogP contribution in [0.2, 0.25) is 0 Å². The second kappa shape index (κ2) is 7.64. The molecule has 0 atom stereocenters. The number of carbonyl (C=O) groups is 1. The molecular formula is C21H21N3O4. The maximum absolute atomic E-state index is 11.0. The normalized spacial score (nSPS) is 11.2. The molecule has 0 aliphatic rings. The number of nitrogens with zero attached hydrogens (tertiary/aromatic N) is 2. The highest BCUT2D eigenvalue weighted by atomic mass is 16.5. The van der Waals surface area contributed by atoms with Crippen LogP contribution in [-0.4, -0.2) is 41.2 Å². The molecule has 4 rings (SSSR count). The van der Waals surface area contributed by atoms with Crippen molar-refractivity contribution in [3.05, 3.63) is 54.2 Å². The average molecular weight is 379 g/mol. The Morgan fingerprint density at radius 3 is 2.96 bits per heavy atom. The number of H-pyrrole nitrogens is 1. The van der Waals surface area contributed by atoms with E-state index >= 15 is 0 Å². The van der Waals surface area contributed by atoms with Crippen LogP contribution < -0.4 is 9.64 Å². The van der Waals surface area contributed by atoms with E-state index in [1.165, 1.54) is 0 Å². The number of anilines is 1. The topological polar surface area (TPSA) is 91.6 Å². The third kappa shape index (κ3) is 3.78. The number of fused-ring (bicyclic) bond motifs is 2. The molecule has 0 fully saturated rings. The Bertz CT molecular complexity index is 1080. The number of para-hydroxylation sites is 2. The molecule has 2 aromatic heterocycles. The lowest BCUT2D eigenvalue weighted by atomic mass is 10.1. The fourth-order valence-electron chi connectivity index (χ4n) is 3.17. The van der Waals surface area contributed by atoms with Crippen molar-refractivity contribution >= 4 is 34.0 Å². The summed E-state index contributed by atoms with van der Waals surface area (Å²) in [5.74, 6) is -0.127. The maximum atomic E-state index is 11.0. The first-order valence-corrected chi connectivity index (χ1v) is 9.11. The fraction of sp³-hybridized carbons (Fsp3) is 0.238. The number of nitrogens with one attached hydrogen (secondary N) is 1. The molecule has 0 radical (unpaired) electrons. The van der Waals surface area contributed by atoms with Crippen molar-refractivity contribution in [3.63, 3.8) is 0 Å². The van der Waals surface area contributed by atoms with E-state index in [0.717, 1.165) is 46.3 Å². The number of ether oxygens (including phenoxy) is 1. The van der Waals surface area contributed by atoms with Crippen molar-refractivity contribution < 1.29 is 19.1 Å². The van der Waals surface area contributed by atoms with E-state index in [4.69, 9.17) is 14.3 Å². The number of carboxylic acid groups (broad SMARTS) is 1. The standard InChI is InChI=1S/C21H21N3O4/c1-24(21-23-18-5-2-3-6-19(18)28-21)9-4-10-27-15-7-8-17-16(12-15)14(13-22-17)11-20(25)26/h2-3,5-8,12-13,22H,4,9-11H2,1H3,(H,25,26). The molecule has 4 aromatic rings. The number of oxazole rings is 1. The smallest absolute Gasteiger partial charge is 0.307 e. The van der Waals surface area contributed by atoms with Crippen LogP contribution in [-0.2, 0) is 11.2 Å². The van der Waals surface area contributed by atoms with E-state index in [9.17, 15) is 4.79 Å². The summed E-state index contributed by atoms with van der Waals surface area (Å²) in [6, 6.07) is 13.9. The molecule has 2 heterocycles. The Balaban J connectivity index is 1.33. The average Bonchev–Trinajstić information content (AvgIpc) is 3.29. The van der Waals surface area contributed by atoms with Gasteiger partial charge in [-0.2, -0.15) is 4.98 Å². The largest absolute Gasteiger partial charge is 0.494 e. The SMILES string of the molecule is CN(CCCOc1ccc2[nH]cc(CC(=O)O)c2c1)c1nc2ccccc2o1. The zero-order valence-electron chi connectivity index (χ0n) is 15.5. The van der Waals surface area contributed by atoms with Crippen molar-refractivity contribution in [3.8, 4) is 5.75 Å². The van der Waals surface area contributed by atoms with Gasteiger partial charge in [-0.05, 0) is 42.3 Å². The lowest BCUT2D eigenvalue weighted by molar-refractivity contribution is -0.136. The molecule has 28 heavy (non-hydrogen) atoms. The summed E-state index contributed by atoms with van der Waals surface area (Å²) in [6.07, 6.45) is 2.51. The molecule has 0 amide bonds. The highest BCUT2D eigenvalue weighted by Gasteiger charge is 2.11. The van der Waals surface area contributed by atoms with Crippen LogP contribution >= 0.6 is 0 Å². The van der Waals surface area contributed by atoms with Gasteiger partial charge in [-0.25, -0.2) is 0 Å². The summed E-state index contributed by atoms with van der Waals surface area (Å²) < 4.78 is 11.6. The number of aromatic nitrogens is 2. The molecule has 0 bridgehead atoms. The molecule has 0 aliphatic carbocycles. The molecule has 2 aromatic carbocycles. The minimum Gasteiger partial charge on any atom is -0.494 e. The first-order chi connectivity index (χ1) is 13.6. The number of benzene rings is 2. The van der Waals surface area contributed by atoms with Crippen LogP contribution in [0.15, 0.2) is 53.1 Å². The Morgan fingerprint density at radius 1 is 1.29 bits per heavy atom. The molecule has 0 saturated carbocycles. The van der Waals surface area contributed by atoms with E-state index in [1.807, 2.05) is 54.4 Å². The second-order valence-electron chi connectivity index (χ2n) is 6.68. The van der Waals surface area contributed by atoms with Crippen molar-refractivity contribution in [2.24, 2.45) is 0 Å². The predicted octanol–water partition coefficient (Wildman–Crippen LogP) is 3.84. The zero-order valence-corrected chi connectivity index (χ0v) is 15.5. The zero-order chi connectivity index (χ0) is 19.5. The van der Waals surface area contributed by atoms with Gasteiger partial charge in [0.05, 0.1) is 13.0 Å². The molecule has 2 N–H and O–H groups in total. The summed E-state index contributed by atoms with van der Waals surface area (Å²) in [6.45, 7) is 1.28. The minimum atomic E-state index is -0.852. The van der Waals surface area contributed by atoms with Gasteiger partial charge in [-0.1, -0.05) is 12.1 Å². The van der Waals surface area contributed by atoms with Crippen molar-refractivity contribution in [2.75, 3.05) is 25.1 Å². The molecule has 0 spiro atoms. The van der Waals surface area contributed by atoms with Gasteiger partial charge in [0.15, 0.2) is 5.58 Å². The third-order valence-electron chi connectivity index (χ3n) is 4.60. The summed E-state index contributed by atoms with van der Waals surface area (Å²) in [4.78, 5) is 20.5. The molecule has 0 saturated heterocycles. The van der Waals surface area contributed by atoms with Crippen LogP contribution in [0, 0.1) is 0 Å².